The SMILES string of the molecule is CCOC(OCC)C(NN)C1CCCC(S(C)(=O)=O)C1. The Morgan fingerprint density at radius 2 is 1.85 bits per heavy atom. The molecule has 0 saturated heterocycles. The highest BCUT2D eigenvalue weighted by molar-refractivity contribution is 7.91. The number of hydrogen-bond acceptors (Lipinski definition) is 6. The molecule has 0 aromatic rings. The van der Waals surface area contributed by atoms with Crippen LogP contribution in [0.4, 0.5) is 0 Å². The summed E-state index contributed by atoms with van der Waals surface area (Å²) >= 11 is 0. The molecule has 3 N–H and O–H groups in total. The van der Waals surface area contributed by atoms with Crippen molar-refractivity contribution < 1.29 is 17.9 Å². The molecule has 0 aromatic heterocycles. The molecule has 120 valence electrons. The van der Waals surface area contributed by atoms with Crippen LogP contribution >= 0.6 is 0 Å². The molecule has 0 bridgehead atoms. The van der Waals surface area contributed by atoms with Gasteiger partial charge in [0.15, 0.2) is 6.29 Å². The van der Waals surface area contributed by atoms with Crippen molar-refractivity contribution in [1.29, 1.82) is 0 Å². The molecule has 1 saturated carbocycles. The Morgan fingerprint density at radius 1 is 1.25 bits per heavy atom. The first-order valence-electron chi connectivity index (χ1n) is 7.32. The molecule has 1 rings (SSSR count). The van der Waals surface area contributed by atoms with Crippen LogP contribution in [0.1, 0.15) is 39.5 Å². The molecule has 1 fully saturated rings. The van der Waals surface area contributed by atoms with Crippen LogP contribution < -0.4 is 11.3 Å². The van der Waals surface area contributed by atoms with Crippen molar-refractivity contribution in [2.75, 3.05) is 19.5 Å². The number of hydrogen-bond donors (Lipinski definition) is 2. The summed E-state index contributed by atoms with van der Waals surface area (Å²) in [4.78, 5) is 0. The summed E-state index contributed by atoms with van der Waals surface area (Å²) in [5.41, 5.74) is 2.77. The Hall–Kier alpha value is -0.210. The summed E-state index contributed by atoms with van der Waals surface area (Å²) in [7, 11) is -3.00. The number of nitrogens with one attached hydrogen (secondary N) is 1. The first kappa shape index (κ1) is 17.8. The number of nitrogens with two attached hydrogens (primary N) is 1. The summed E-state index contributed by atoms with van der Waals surface area (Å²) in [5, 5.41) is -0.277. The van der Waals surface area contributed by atoms with Crippen LogP contribution in [0.2, 0.25) is 0 Å². The highest BCUT2D eigenvalue weighted by atomic mass is 32.2. The maximum absolute atomic E-state index is 11.7. The van der Waals surface area contributed by atoms with Crippen molar-refractivity contribution in [3.8, 4) is 0 Å². The number of rotatable bonds is 8. The molecule has 6 nitrogen and oxygen atoms in total. The molecule has 7 heteroatoms. The third-order valence-corrected chi connectivity index (χ3v) is 5.57. The van der Waals surface area contributed by atoms with Crippen LogP contribution in [0, 0.1) is 5.92 Å². The minimum absolute atomic E-state index is 0.150. The van der Waals surface area contributed by atoms with E-state index in [1.807, 2.05) is 13.8 Å². The van der Waals surface area contributed by atoms with E-state index in [4.69, 9.17) is 15.3 Å². The number of hydrazine groups is 1. The molecule has 3 unspecified atom stereocenters. The minimum Gasteiger partial charge on any atom is -0.351 e. The lowest BCUT2D eigenvalue weighted by molar-refractivity contribution is -0.164. The summed E-state index contributed by atoms with van der Waals surface area (Å²) in [6.07, 6.45) is 4.07. The lowest BCUT2D eigenvalue weighted by Crippen LogP contribution is -2.52. The van der Waals surface area contributed by atoms with Crippen molar-refractivity contribution >= 4 is 9.84 Å². The van der Waals surface area contributed by atoms with Gasteiger partial charge in [-0.25, -0.2) is 8.42 Å². The van der Waals surface area contributed by atoms with E-state index in [0.717, 1.165) is 19.3 Å². The molecule has 1 aliphatic rings. The highest BCUT2D eigenvalue weighted by Crippen LogP contribution is 2.32. The first-order chi connectivity index (χ1) is 9.43. The van der Waals surface area contributed by atoms with Crippen LogP contribution in [-0.2, 0) is 19.3 Å². The quantitative estimate of drug-likeness (QED) is 0.392. The Bertz CT molecular complexity index is 369. The predicted molar refractivity (Wildman–Crippen MR) is 78.7 cm³/mol. The number of ether oxygens (including phenoxy) is 2. The Balaban J connectivity index is 2.76. The summed E-state index contributed by atoms with van der Waals surface area (Å²) in [5.74, 6) is 5.81. The van der Waals surface area contributed by atoms with E-state index in [0.29, 0.717) is 19.6 Å². The maximum Gasteiger partial charge on any atom is 0.174 e. The van der Waals surface area contributed by atoms with Crippen molar-refractivity contribution in [3.05, 3.63) is 0 Å². The Labute approximate surface area is 122 Å². The zero-order chi connectivity index (χ0) is 15.2. The summed E-state index contributed by atoms with van der Waals surface area (Å²) < 4.78 is 34.7. The standard InChI is InChI=1S/C13H28N2O4S/c1-4-18-13(19-5-2)12(15-14)10-7-6-8-11(9-10)20(3,16)17/h10-13,15H,4-9,14H2,1-3H3. The van der Waals surface area contributed by atoms with Gasteiger partial charge in [-0.05, 0) is 39.0 Å². The van der Waals surface area contributed by atoms with E-state index in [2.05, 4.69) is 5.43 Å². The van der Waals surface area contributed by atoms with Gasteiger partial charge in [0.05, 0.1) is 11.3 Å². The molecular weight excluding hydrogens is 280 g/mol. The van der Waals surface area contributed by atoms with Gasteiger partial charge in [-0.2, -0.15) is 0 Å². The van der Waals surface area contributed by atoms with Gasteiger partial charge in [0.25, 0.3) is 0 Å². The fourth-order valence-electron chi connectivity index (χ4n) is 2.92. The monoisotopic (exact) mass is 308 g/mol. The third kappa shape index (κ3) is 4.96. The molecule has 0 spiro atoms. The fourth-order valence-corrected chi connectivity index (χ4v) is 4.11. The van der Waals surface area contributed by atoms with Gasteiger partial charge in [0.2, 0.25) is 0 Å². The first-order valence-corrected chi connectivity index (χ1v) is 9.27. The lowest BCUT2D eigenvalue weighted by atomic mass is 9.83. The largest absolute Gasteiger partial charge is 0.351 e. The second kappa shape index (κ2) is 8.29. The van der Waals surface area contributed by atoms with Gasteiger partial charge in [0.1, 0.15) is 9.84 Å². The van der Waals surface area contributed by atoms with Crippen LogP contribution in [0.15, 0.2) is 0 Å². The molecule has 0 heterocycles. The van der Waals surface area contributed by atoms with Gasteiger partial charge in [-0.15, -0.1) is 0 Å². The highest BCUT2D eigenvalue weighted by Gasteiger charge is 2.36. The molecule has 0 amide bonds. The topological polar surface area (TPSA) is 90.7 Å². The smallest absolute Gasteiger partial charge is 0.174 e. The normalized spacial score (nSPS) is 25.9. The van der Waals surface area contributed by atoms with Crippen LogP contribution in [-0.4, -0.2) is 45.5 Å². The van der Waals surface area contributed by atoms with Crippen LogP contribution in [0.3, 0.4) is 0 Å². The fraction of sp³-hybridized carbons (Fsp3) is 1.00. The van der Waals surface area contributed by atoms with Crippen molar-refractivity contribution in [2.45, 2.75) is 57.1 Å². The van der Waals surface area contributed by atoms with Gasteiger partial charge in [0, 0.05) is 19.5 Å². The Morgan fingerprint density at radius 3 is 2.30 bits per heavy atom. The third-order valence-electron chi connectivity index (χ3n) is 3.93. The van der Waals surface area contributed by atoms with Crippen molar-refractivity contribution in [1.82, 2.24) is 5.43 Å². The molecule has 0 radical (unpaired) electrons. The zero-order valence-electron chi connectivity index (χ0n) is 12.7. The minimum atomic E-state index is -3.00. The molecule has 0 aliphatic heterocycles. The summed E-state index contributed by atoms with van der Waals surface area (Å²) in [6.45, 7) is 4.87. The van der Waals surface area contributed by atoms with Gasteiger partial charge in [-0.3, -0.25) is 11.3 Å². The van der Waals surface area contributed by atoms with E-state index in [9.17, 15) is 8.42 Å². The van der Waals surface area contributed by atoms with Crippen LogP contribution in [0.5, 0.6) is 0 Å². The van der Waals surface area contributed by atoms with E-state index in [-0.39, 0.29) is 17.2 Å². The van der Waals surface area contributed by atoms with Gasteiger partial charge < -0.3 is 9.47 Å². The predicted octanol–water partition coefficient (Wildman–Crippen LogP) is 0.821. The van der Waals surface area contributed by atoms with Gasteiger partial charge >= 0.3 is 0 Å². The van der Waals surface area contributed by atoms with Crippen LogP contribution in [0.25, 0.3) is 0 Å². The average Bonchev–Trinajstić information content (AvgIpc) is 2.39. The van der Waals surface area contributed by atoms with E-state index in [1.165, 1.54) is 6.26 Å². The zero-order valence-corrected chi connectivity index (χ0v) is 13.5. The maximum atomic E-state index is 11.7. The second-order valence-corrected chi connectivity index (χ2v) is 7.68. The molecular formula is C13H28N2O4S. The molecule has 20 heavy (non-hydrogen) atoms. The molecule has 1 aliphatic carbocycles. The number of sulfone groups is 1. The van der Waals surface area contributed by atoms with Gasteiger partial charge in [-0.1, -0.05) is 6.42 Å². The van der Waals surface area contributed by atoms with Crippen molar-refractivity contribution in [3.63, 3.8) is 0 Å². The van der Waals surface area contributed by atoms with E-state index in [1.54, 1.807) is 0 Å². The molecule has 3 atom stereocenters. The lowest BCUT2D eigenvalue weighted by Gasteiger charge is -2.37. The summed E-state index contributed by atoms with van der Waals surface area (Å²) in [6, 6.07) is -0.181. The van der Waals surface area contributed by atoms with Crippen molar-refractivity contribution in [2.24, 2.45) is 11.8 Å². The average molecular weight is 308 g/mol. The van der Waals surface area contributed by atoms with E-state index < -0.39 is 16.1 Å². The second-order valence-electron chi connectivity index (χ2n) is 5.35. The Kier molecular flexibility index (Phi) is 7.39. The van der Waals surface area contributed by atoms with E-state index >= 15 is 0 Å². The molecule has 0 aromatic carbocycles.